The first-order valence-electron chi connectivity index (χ1n) is 4.51. The lowest BCUT2D eigenvalue weighted by Gasteiger charge is -2.13. The molecule has 0 saturated carbocycles. The van der Waals surface area contributed by atoms with Gasteiger partial charge in [0.05, 0.1) is 0 Å². The molecule has 0 fully saturated rings. The van der Waals surface area contributed by atoms with Crippen LogP contribution < -0.4 is 11.5 Å². The van der Waals surface area contributed by atoms with Crippen LogP contribution in [-0.4, -0.2) is 11.7 Å². The second-order valence-corrected chi connectivity index (χ2v) is 3.32. The van der Waals surface area contributed by atoms with Gasteiger partial charge in [-0.25, -0.2) is 4.39 Å². The summed E-state index contributed by atoms with van der Waals surface area (Å²) in [7, 11) is 0. The molecule has 0 radical (unpaired) electrons. The highest BCUT2D eigenvalue weighted by atomic mass is 19.1. The van der Waals surface area contributed by atoms with Crippen molar-refractivity contribution in [2.24, 2.45) is 11.5 Å². The van der Waals surface area contributed by atoms with E-state index in [0.717, 1.165) is 0 Å². The summed E-state index contributed by atoms with van der Waals surface area (Å²) >= 11 is 0. The zero-order chi connectivity index (χ0) is 10.7. The van der Waals surface area contributed by atoms with Crippen molar-refractivity contribution in [1.29, 1.82) is 0 Å². The first kappa shape index (κ1) is 10.9. The Bertz CT molecular complexity index is 328. The number of hydrogen-bond donors (Lipinski definition) is 3. The summed E-state index contributed by atoms with van der Waals surface area (Å²) in [6, 6.07) is 2.82. The second-order valence-electron chi connectivity index (χ2n) is 3.32. The Morgan fingerprint density at radius 3 is 2.71 bits per heavy atom. The summed E-state index contributed by atoms with van der Waals surface area (Å²) in [5.41, 5.74) is 11.9. The molecule has 0 amide bonds. The van der Waals surface area contributed by atoms with Crippen LogP contribution in [0.1, 0.15) is 23.6 Å². The van der Waals surface area contributed by atoms with E-state index in [4.69, 9.17) is 11.5 Å². The van der Waals surface area contributed by atoms with Crippen LogP contribution in [0.2, 0.25) is 0 Å². The molecular formula is C10H15FN2O. The number of phenolic OH excluding ortho intramolecular Hbond substituents is 1. The standard InChI is InChI=1S/C10H15FN2O/c1-6-2-3-7(8(13)4-5-12)10(14)9(6)11/h2-3,8,14H,4-5,12-13H2,1H3/t8-/m1/s1. The van der Waals surface area contributed by atoms with Crippen molar-refractivity contribution in [3.05, 3.63) is 29.1 Å². The van der Waals surface area contributed by atoms with Crippen molar-refractivity contribution in [2.45, 2.75) is 19.4 Å². The molecule has 5 N–H and O–H groups in total. The van der Waals surface area contributed by atoms with Crippen LogP contribution in [0.4, 0.5) is 4.39 Å². The molecule has 1 aromatic rings. The molecule has 0 aliphatic rings. The molecule has 0 aromatic heterocycles. The van der Waals surface area contributed by atoms with Gasteiger partial charge < -0.3 is 16.6 Å². The monoisotopic (exact) mass is 198 g/mol. The number of rotatable bonds is 3. The van der Waals surface area contributed by atoms with Gasteiger partial charge in [0.25, 0.3) is 0 Å². The van der Waals surface area contributed by atoms with E-state index in [1.807, 2.05) is 0 Å². The average Bonchev–Trinajstić information content (AvgIpc) is 2.15. The lowest BCUT2D eigenvalue weighted by atomic mass is 10.0. The molecule has 1 rings (SSSR count). The summed E-state index contributed by atoms with van der Waals surface area (Å²) in [4.78, 5) is 0. The van der Waals surface area contributed by atoms with Gasteiger partial charge in [0, 0.05) is 11.6 Å². The van der Waals surface area contributed by atoms with Crippen LogP contribution in [0.15, 0.2) is 12.1 Å². The van der Waals surface area contributed by atoms with E-state index in [1.165, 1.54) is 0 Å². The molecule has 0 aliphatic heterocycles. The van der Waals surface area contributed by atoms with Crippen molar-refractivity contribution in [3.8, 4) is 5.75 Å². The van der Waals surface area contributed by atoms with Gasteiger partial charge in [0.1, 0.15) is 0 Å². The fraction of sp³-hybridized carbons (Fsp3) is 0.400. The molecule has 1 aromatic carbocycles. The minimum Gasteiger partial charge on any atom is -0.505 e. The van der Waals surface area contributed by atoms with Crippen molar-refractivity contribution in [2.75, 3.05) is 6.54 Å². The maximum Gasteiger partial charge on any atom is 0.168 e. The zero-order valence-corrected chi connectivity index (χ0v) is 8.13. The predicted molar refractivity (Wildman–Crippen MR) is 53.4 cm³/mol. The molecule has 0 aliphatic carbocycles. The average molecular weight is 198 g/mol. The van der Waals surface area contributed by atoms with Crippen LogP contribution in [0.5, 0.6) is 5.75 Å². The second kappa shape index (κ2) is 4.39. The van der Waals surface area contributed by atoms with Gasteiger partial charge >= 0.3 is 0 Å². The lowest BCUT2D eigenvalue weighted by molar-refractivity contribution is 0.417. The van der Waals surface area contributed by atoms with E-state index in [1.54, 1.807) is 19.1 Å². The summed E-state index contributed by atoms with van der Waals surface area (Å²) in [5.74, 6) is -0.957. The van der Waals surface area contributed by atoms with Gasteiger partial charge in [0.15, 0.2) is 11.6 Å². The molecule has 0 spiro atoms. The number of benzene rings is 1. The van der Waals surface area contributed by atoms with Crippen molar-refractivity contribution in [3.63, 3.8) is 0 Å². The molecule has 14 heavy (non-hydrogen) atoms. The fourth-order valence-corrected chi connectivity index (χ4v) is 1.31. The fourth-order valence-electron chi connectivity index (χ4n) is 1.31. The zero-order valence-electron chi connectivity index (χ0n) is 8.13. The first-order valence-corrected chi connectivity index (χ1v) is 4.51. The highest BCUT2D eigenvalue weighted by Gasteiger charge is 2.14. The maximum atomic E-state index is 13.3. The maximum absolute atomic E-state index is 13.3. The minimum absolute atomic E-state index is 0.356. The number of aromatic hydroxyl groups is 1. The Morgan fingerprint density at radius 2 is 2.14 bits per heavy atom. The highest BCUT2D eigenvalue weighted by Crippen LogP contribution is 2.28. The molecular weight excluding hydrogens is 183 g/mol. The summed E-state index contributed by atoms with van der Waals surface area (Å²) in [6.45, 7) is 2.00. The Hall–Kier alpha value is -1.13. The summed E-state index contributed by atoms with van der Waals surface area (Å²) < 4.78 is 13.3. The number of hydrogen-bond acceptors (Lipinski definition) is 3. The van der Waals surface area contributed by atoms with Gasteiger partial charge in [0.2, 0.25) is 0 Å². The molecule has 0 heterocycles. The molecule has 4 heteroatoms. The SMILES string of the molecule is Cc1ccc([C@H](N)CCN)c(O)c1F. The number of halogens is 1. The van der Waals surface area contributed by atoms with Gasteiger partial charge in [-0.05, 0) is 25.5 Å². The molecule has 78 valence electrons. The van der Waals surface area contributed by atoms with Crippen LogP contribution in [0.3, 0.4) is 0 Å². The van der Waals surface area contributed by atoms with E-state index >= 15 is 0 Å². The van der Waals surface area contributed by atoms with Crippen LogP contribution >= 0.6 is 0 Å². The lowest BCUT2D eigenvalue weighted by Crippen LogP contribution is -2.15. The smallest absolute Gasteiger partial charge is 0.168 e. The molecule has 0 bridgehead atoms. The molecule has 3 nitrogen and oxygen atoms in total. The van der Waals surface area contributed by atoms with Crippen LogP contribution in [0.25, 0.3) is 0 Å². The number of aryl methyl sites for hydroxylation is 1. The Labute approximate surface area is 82.5 Å². The minimum atomic E-state index is -0.602. The largest absolute Gasteiger partial charge is 0.505 e. The van der Waals surface area contributed by atoms with E-state index in [0.29, 0.717) is 24.1 Å². The summed E-state index contributed by atoms with van der Waals surface area (Å²) in [5, 5.41) is 9.48. The highest BCUT2D eigenvalue weighted by molar-refractivity contribution is 5.39. The number of phenols is 1. The topological polar surface area (TPSA) is 72.3 Å². The van der Waals surface area contributed by atoms with Crippen LogP contribution in [0, 0.1) is 12.7 Å². The Morgan fingerprint density at radius 1 is 1.50 bits per heavy atom. The Balaban J connectivity index is 3.04. The quantitative estimate of drug-likeness (QED) is 0.683. The van der Waals surface area contributed by atoms with Gasteiger partial charge in [-0.3, -0.25) is 0 Å². The number of nitrogens with two attached hydrogens (primary N) is 2. The van der Waals surface area contributed by atoms with Crippen molar-refractivity contribution < 1.29 is 9.50 Å². The third-order valence-electron chi connectivity index (χ3n) is 2.22. The molecule has 1 atom stereocenters. The molecule has 0 saturated heterocycles. The first-order chi connectivity index (χ1) is 6.57. The predicted octanol–water partition coefficient (Wildman–Crippen LogP) is 1.19. The van der Waals surface area contributed by atoms with Crippen LogP contribution in [-0.2, 0) is 0 Å². The Kier molecular flexibility index (Phi) is 3.43. The van der Waals surface area contributed by atoms with Crippen molar-refractivity contribution >= 4 is 0 Å². The third-order valence-corrected chi connectivity index (χ3v) is 2.22. The van der Waals surface area contributed by atoms with E-state index < -0.39 is 11.9 Å². The normalized spacial score (nSPS) is 12.9. The van der Waals surface area contributed by atoms with Gasteiger partial charge in [-0.15, -0.1) is 0 Å². The third kappa shape index (κ3) is 2.02. The van der Waals surface area contributed by atoms with E-state index in [2.05, 4.69) is 0 Å². The van der Waals surface area contributed by atoms with Gasteiger partial charge in [-0.2, -0.15) is 0 Å². The van der Waals surface area contributed by atoms with E-state index in [9.17, 15) is 9.50 Å². The summed E-state index contributed by atoms with van der Waals surface area (Å²) in [6.07, 6.45) is 0.524. The molecule has 0 unspecified atom stereocenters. The van der Waals surface area contributed by atoms with Gasteiger partial charge in [-0.1, -0.05) is 12.1 Å². The van der Waals surface area contributed by atoms with Crippen molar-refractivity contribution in [1.82, 2.24) is 0 Å². The van der Waals surface area contributed by atoms with E-state index in [-0.39, 0.29) is 5.75 Å².